The molecule has 1 heterocycles. The van der Waals surface area contributed by atoms with Gasteiger partial charge in [-0.25, -0.2) is 8.78 Å². The third-order valence-electron chi connectivity index (χ3n) is 1.99. The number of hydrogen-bond donors (Lipinski definition) is 0. The van der Waals surface area contributed by atoms with Crippen molar-refractivity contribution in [3.8, 4) is 0 Å². The van der Waals surface area contributed by atoms with Crippen molar-refractivity contribution in [1.82, 2.24) is 4.98 Å². The van der Waals surface area contributed by atoms with Crippen LogP contribution in [0.2, 0.25) is 5.02 Å². The van der Waals surface area contributed by atoms with Crippen molar-refractivity contribution in [2.75, 3.05) is 7.11 Å². The Labute approximate surface area is 96.4 Å². The van der Waals surface area contributed by atoms with Gasteiger partial charge in [-0.2, -0.15) is 0 Å². The van der Waals surface area contributed by atoms with Crippen LogP contribution >= 0.6 is 11.6 Å². The summed E-state index contributed by atoms with van der Waals surface area (Å²) in [6.45, 7) is 1.56. The van der Waals surface area contributed by atoms with Gasteiger partial charge in [-0.15, -0.1) is 0 Å². The Hall–Kier alpha value is -1.23. The molecule has 0 saturated heterocycles. The van der Waals surface area contributed by atoms with Gasteiger partial charge in [0.2, 0.25) is 0 Å². The number of aryl methyl sites for hydroxylation is 1. The van der Waals surface area contributed by atoms with E-state index < -0.39 is 18.1 Å². The van der Waals surface area contributed by atoms with Crippen LogP contribution in [0.25, 0.3) is 0 Å². The van der Waals surface area contributed by atoms with Crippen molar-refractivity contribution in [2.24, 2.45) is 0 Å². The summed E-state index contributed by atoms with van der Waals surface area (Å²) in [6, 6.07) is 1.44. The number of methoxy groups -OCH3 is 1. The molecule has 0 atom stereocenters. The lowest BCUT2D eigenvalue weighted by atomic mass is 10.1. The number of aromatic nitrogens is 1. The number of pyridine rings is 1. The fourth-order valence-corrected chi connectivity index (χ4v) is 1.58. The smallest absolute Gasteiger partial charge is 0.310 e. The lowest BCUT2D eigenvalue weighted by Crippen LogP contribution is -2.10. The fraction of sp³-hybridized carbons (Fsp3) is 0.400. The SMILES string of the molecule is COC(=O)Cc1c(Cl)cc(C)nc1C(F)F. The van der Waals surface area contributed by atoms with Crippen LogP contribution in [0, 0.1) is 6.92 Å². The van der Waals surface area contributed by atoms with Crippen molar-refractivity contribution >= 4 is 17.6 Å². The van der Waals surface area contributed by atoms with Crippen molar-refractivity contribution in [2.45, 2.75) is 19.8 Å². The van der Waals surface area contributed by atoms with Gasteiger partial charge < -0.3 is 4.74 Å². The van der Waals surface area contributed by atoms with E-state index in [4.69, 9.17) is 11.6 Å². The Morgan fingerprint density at radius 1 is 1.62 bits per heavy atom. The lowest BCUT2D eigenvalue weighted by Gasteiger charge is -2.10. The maximum absolute atomic E-state index is 12.7. The molecule has 1 aromatic heterocycles. The van der Waals surface area contributed by atoms with E-state index in [1.165, 1.54) is 13.2 Å². The average Bonchev–Trinajstić information content (AvgIpc) is 2.20. The van der Waals surface area contributed by atoms with Crippen LogP contribution in [0.15, 0.2) is 6.07 Å². The van der Waals surface area contributed by atoms with Gasteiger partial charge in [0.25, 0.3) is 6.43 Å². The van der Waals surface area contributed by atoms with Crippen LogP contribution in [0.4, 0.5) is 8.78 Å². The zero-order valence-electron chi connectivity index (χ0n) is 8.76. The molecule has 0 saturated carbocycles. The van der Waals surface area contributed by atoms with E-state index in [0.717, 1.165) is 0 Å². The number of rotatable bonds is 3. The molecule has 1 rings (SSSR count). The predicted molar refractivity (Wildman–Crippen MR) is 54.7 cm³/mol. The monoisotopic (exact) mass is 249 g/mol. The standard InChI is InChI=1S/C10H10ClF2NO2/c1-5-3-7(11)6(4-8(15)16-2)9(14-5)10(12)13/h3,10H,4H2,1-2H3. The predicted octanol–water partition coefficient (Wildman–Crippen LogP) is 2.70. The lowest BCUT2D eigenvalue weighted by molar-refractivity contribution is -0.139. The van der Waals surface area contributed by atoms with Gasteiger partial charge in [-0.1, -0.05) is 11.6 Å². The van der Waals surface area contributed by atoms with Crippen molar-refractivity contribution in [3.63, 3.8) is 0 Å². The maximum atomic E-state index is 12.7. The second-order valence-electron chi connectivity index (χ2n) is 3.16. The van der Waals surface area contributed by atoms with Gasteiger partial charge in [-0.3, -0.25) is 9.78 Å². The Morgan fingerprint density at radius 2 is 2.25 bits per heavy atom. The molecule has 0 aliphatic rings. The van der Waals surface area contributed by atoms with Gasteiger partial charge >= 0.3 is 5.97 Å². The largest absolute Gasteiger partial charge is 0.469 e. The Balaban J connectivity index is 3.19. The molecule has 0 fully saturated rings. The number of hydrogen-bond acceptors (Lipinski definition) is 3. The molecule has 0 spiro atoms. The first kappa shape index (κ1) is 12.8. The second-order valence-corrected chi connectivity index (χ2v) is 3.57. The van der Waals surface area contributed by atoms with E-state index in [0.29, 0.717) is 5.69 Å². The fourth-order valence-electron chi connectivity index (χ4n) is 1.25. The molecule has 0 aromatic carbocycles. The first-order chi connectivity index (χ1) is 7.45. The van der Waals surface area contributed by atoms with Gasteiger partial charge in [0.05, 0.1) is 13.5 Å². The van der Waals surface area contributed by atoms with Crippen LogP contribution in [0.5, 0.6) is 0 Å². The van der Waals surface area contributed by atoms with Crippen LogP contribution < -0.4 is 0 Å². The highest BCUT2D eigenvalue weighted by Gasteiger charge is 2.20. The molecule has 6 heteroatoms. The average molecular weight is 250 g/mol. The molecule has 88 valence electrons. The third kappa shape index (κ3) is 2.88. The van der Waals surface area contributed by atoms with Gasteiger partial charge in [0.15, 0.2) is 0 Å². The van der Waals surface area contributed by atoms with E-state index in [2.05, 4.69) is 9.72 Å². The number of carbonyl (C=O) groups is 1. The van der Waals surface area contributed by atoms with Crippen LogP contribution in [-0.4, -0.2) is 18.1 Å². The topological polar surface area (TPSA) is 39.2 Å². The van der Waals surface area contributed by atoms with Crippen molar-refractivity contribution in [3.05, 3.63) is 28.0 Å². The van der Waals surface area contributed by atoms with Crippen LogP contribution in [0.3, 0.4) is 0 Å². The molecule has 0 amide bonds. The highest BCUT2D eigenvalue weighted by atomic mass is 35.5. The van der Waals surface area contributed by atoms with Crippen molar-refractivity contribution in [1.29, 1.82) is 0 Å². The highest BCUT2D eigenvalue weighted by Crippen LogP contribution is 2.28. The Kier molecular flexibility index (Phi) is 4.18. The molecule has 0 bridgehead atoms. The first-order valence-electron chi connectivity index (χ1n) is 4.46. The summed E-state index contributed by atoms with van der Waals surface area (Å²) in [5, 5.41) is 0.105. The molecule has 0 aliphatic heterocycles. The minimum Gasteiger partial charge on any atom is -0.469 e. The van der Waals surface area contributed by atoms with Crippen molar-refractivity contribution < 1.29 is 18.3 Å². The number of carbonyl (C=O) groups excluding carboxylic acids is 1. The molecule has 16 heavy (non-hydrogen) atoms. The minimum absolute atomic E-state index is 0.0223. The summed E-state index contributed by atoms with van der Waals surface area (Å²) in [4.78, 5) is 14.7. The Bertz CT molecular complexity index is 410. The molecule has 0 radical (unpaired) electrons. The molecule has 3 nitrogen and oxygen atoms in total. The third-order valence-corrected chi connectivity index (χ3v) is 2.32. The second kappa shape index (κ2) is 5.21. The molecule has 0 aliphatic carbocycles. The molecular weight excluding hydrogens is 240 g/mol. The van der Waals surface area contributed by atoms with Gasteiger partial charge in [0, 0.05) is 16.3 Å². The molecule has 1 aromatic rings. The molecule has 0 unspecified atom stereocenters. The molecular formula is C10H10ClF2NO2. The highest BCUT2D eigenvalue weighted by molar-refractivity contribution is 6.31. The normalized spacial score (nSPS) is 10.6. The number of esters is 1. The first-order valence-corrected chi connectivity index (χ1v) is 4.84. The summed E-state index contributed by atoms with van der Waals surface area (Å²) in [5.74, 6) is -0.630. The Morgan fingerprint density at radius 3 is 2.75 bits per heavy atom. The molecule has 0 N–H and O–H groups in total. The van der Waals surface area contributed by atoms with Crippen LogP contribution in [0.1, 0.15) is 23.4 Å². The number of alkyl halides is 2. The summed E-state index contributed by atoms with van der Waals surface area (Å²) < 4.78 is 29.7. The minimum atomic E-state index is -2.77. The summed E-state index contributed by atoms with van der Waals surface area (Å²) in [5.41, 5.74) is -0.0570. The summed E-state index contributed by atoms with van der Waals surface area (Å²) in [6.07, 6.45) is -3.07. The maximum Gasteiger partial charge on any atom is 0.310 e. The van der Waals surface area contributed by atoms with Crippen LogP contribution in [-0.2, 0) is 16.0 Å². The zero-order chi connectivity index (χ0) is 12.3. The number of halogens is 3. The van der Waals surface area contributed by atoms with E-state index in [-0.39, 0.29) is 17.0 Å². The van der Waals surface area contributed by atoms with E-state index >= 15 is 0 Å². The quantitative estimate of drug-likeness (QED) is 0.773. The number of nitrogens with zero attached hydrogens (tertiary/aromatic N) is 1. The zero-order valence-corrected chi connectivity index (χ0v) is 9.52. The number of ether oxygens (including phenoxy) is 1. The van der Waals surface area contributed by atoms with E-state index in [1.54, 1.807) is 6.92 Å². The van der Waals surface area contributed by atoms with Gasteiger partial charge in [-0.05, 0) is 13.0 Å². The summed E-state index contributed by atoms with van der Waals surface area (Å²) >= 11 is 5.80. The van der Waals surface area contributed by atoms with E-state index in [1.807, 2.05) is 0 Å². The summed E-state index contributed by atoms with van der Waals surface area (Å²) in [7, 11) is 1.18. The van der Waals surface area contributed by atoms with Gasteiger partial charge in [0.1, 0.15) is 5.69 Å². The van der Waals surface area contributed by atoms with E-state index in [9.17, 15) is 13.6 Å².